The number of ether oxygens (including phenoxy) is 1. The molecule has 5 nitrogen and oxygen atoms in total. The molecule has 1 fully saturated rings. The number of likely N-dealkylation sites (N-methyl/N-ethyl adjacent to an activating group) is 1. The lowest BCUT2D eigenvalue weighted by molar-refractivity contribution is -0.148. The van der Waals surface area contributed by atoms with Crippen LogP contribution in [0.3, 0.4) is 0 Å². The maximum absolute atomic E-state index is 12.6. The van der Waals surface area contributed by atoms with Gasteiger partial charge in [-0.1, -0.05) is 6.92 Å². The third kappa shape index (κ3) is 3.04. The SMILES string of the molecule is CCNC1(C(=O)OC)CCC(n2cc(C(F)(F)F)cn2)C1. The van der Waals surface area contributed by atoms with Crippen LogP contribution in [0.5, 0.6) is 0 Å². The summed E-state index contributed by atoms with van der Waals surface area (Å²) in [5.74, 6) is -0.380. The van der Waals surface area contributed by atoms with E-state index in [0.29, 0.717) is 25.8 Å². The fourth-order valence-corrected chi connectivity index (χ4v) is 2.88. The van der Waals surface area contributed by atoms with Crippen molar-refractivity contribution in [1.29, 1.82) is 0 Å². The Morgan fingerprint density at radius 2 is 2.33 bits per heavy atom. The van der Waals surface area contributed by atoms with Gasteiger partial charge in [-0.25, -0.2) is 0 Å². The van der Waals surface area contributed by atoms with Gasteiger partial charge in [-0.15, -0.1) is 0 Å². The molecule has 0 saturated heterocycles. The van der Waals surface area contributed by atoms with Gasteiger partial charge >= 0.3 is 12.1 Å². The summed E-state index contributed by atoms with van der Waals surface area (Å²) in [4.78, 5) is 12.0. The van der Waals surface area contributed by atoms with Crippen molar-refractivity contribution < 1.29 is 22.7 Å². The number of nitrogens with zero attached hydrogens (tertiary/aromatic N) is 2. The third-order valence-electron chi connectivity index (χ3n) is 3.88. The standard InChI is InChI=1S/C13H18F3N3O2/c1-3-17-12(11(20)21-2)5-4-10(6-12)19-8-9(7-18-19)13(14,15)16/h7-8,10,17H,3-6H2,1-2H3. The number of hydrogen-bond acceptors (Lipinski definition) is 4. The summed E-state index contributed by atoms with van der Waals surface area (Å²) in [6.07, 6.45) is -1.15. The predicted molar refractivity (Wildman–Crippen MR) is 68.5 cm³/mol. The number of carbonyl (C=O) groups is 1. The van der Waals surface area contributed by atoms with E-state index in [9.17, 15) is 18.0 Å². The summed E-state index contributed by atoms with van der Waals surface area (Å²) in [6, 6.07) is -0.251. The lowest BCUT2D eigenvalue weighted by Gasteiger charge is -2.27. The fraction of sp³-hybridized carbons (Fsp3) is 0.692. The molecule has 0 amide bonds. The van der Waals surface area contributed by atoms with Crippen molar-refractivity contribution in [2.45, 2.75) is 43.9 Å². The molecule has 2 atom stereocenters. The highest BCUT2D eigenvalue weighted by Crippen LogP contribution is 2.39. The molecule has 0 bridgehead atoms. The van der Waals surface area contributed by atoms with Crippen molar-refractivity contribution in [3.63, 3.8) is 0 Å². The first-order valence-electron chi connectivity index (χ1n) is 6.77. The van der Waals surface area contributed by atoms with E-state index in [1.54, 1.807) is 0 Å². The van der Waals surface area contributed by atoms with Crippen molar-refractivity contribution in [2.24, 2.45) is 0 Å². The van der Waals surface area contributed by atoms with Gasteiger partial charge in [0.25, 0.3) is 0 Å². The Balaban J connectivity index is 2.17. The number of carbonyl (C=O) groups excluding carboxylic acids is 1. The summed E-state index contributed by atoms with van der Waals surface area (Å²) in [7, 11) is 1.31. The number of esters is 1. The summed E-state index contributed by atoms with van der Waals surface area (Å²) < 4.78 is 43.9. The van der Waals surface area contributed by atoms with Crippen LogP contribution in [-0.4, -0.2) is 34.9 Å². The van der Waals surface area contributed by atoms with Crippen LogP contribution in [0.2, 0.25) is 0 Å². The normalized spacial score (nSPS) is 26.0. The summed E-state index contributed by atoms with van der Waals surface area (Å²) in [5, 5.41) is 6.90. The highest BCUT2D eigenvalue weighted by molar-refractivity contribution is 5.81. The van der Waals surface area contributed by atoms with Crippen LogP contribution in [0.15, 0.2) is 12.4 Å². The zero-order chi connectivity index (χ0) is 15.7. The van der Waals surface area contributed by atoms with E-state index in [0.717, 1.165) is 12.4 Å². The second-order valence-electron chi connectivity index (χ2n) is 5.21. The van der Waals surface area contributed by atoms with Crippen molar-refractivity contribution in [1.82, 2.24) is 15.1 Å². The molecule has 1 aromatic rings. The molecule has 0 radical (unpaired) electrons. The minimum atomic E-state index is -4.40. The quantitative estimate of drug-likeness (QED) is 0.866. The van der Waals surface area contributed by atoms with Crippen molar-refractivity contribution in [2.75, 3.05) is 13.7 Å². The van der Waals surface area contributed by atoms with Crippen molar-refractivity contribution in [3.8, 4) is 0 Å². The van der Waals surface area contributed by atoms with Gasteiger partial charge in [0.2, 0.25) is 0 Å². The first-order valence-corrected chi connectivity index (χ1v) is 6.77. The second-order valence-corrected chi connectivity index (χ2v) is 5.21. The highest BCUT2D eigenvalue weighted by atomic mass is 19.4. The number of rotatable bonds is 4. The highest BCUT2D eigenvalue weighted by Gasteiger charge is 2.47. The van der Waals surface area contributed by atoms with Gasteiger partial charge in [-0.05, 0) is 25.8 Å². The zero-order valence-electron chi connectivity index (χ0n) is 11.9. The Kier molecular flexibility index (Phi) is 4.27. The Bertz CT molecular complexity index is 515. The number of nitrogens with one attached hydrogen (secondary N) is 1. The van der Waals surface area contributed by atoms with E-state index in [-0.39, 0.29) is 12.0 Å². The second kappa shape index (κ2) is 5.67. The van der Waals surface area contributed by atoms with Crippen LogP contribution in [0.1, 0.15) is 37.8 Å². The minimum Gasteiger partial charge on any atom is -0.468 e. The molecule has 118 valence electrons. The van der Waals surface area contributed by atoms with Crippen LogP contribution in [0.4, 0.5) is 13.2 Å². The molecule has 2 rings (SSSR count). The van der Waals surface area contributed by atoms with E-state index in [2.05, 4.69) is 10.4 Å². The number of methoxy groups -OCH3 is 1. The number of halogens is 3. The van der Waals surface area contributed by atoms with E-state index in [1.807, 2.05) is 6.92 Å². The Labute approximate surface area is 120 Å². The summed E-state index contributed by atoms with van der Waals surface area (Å²) >= 11 is 0. The fourth-order valence-electron chi connectivity index (χ4n) is 2.88. The van der Waals surface area contributed by atoms with Crippen LogP contribution >= 0.6 is 0 Å². The van der Waals surface area contributed by atoms with Crippen LogP contribution in [0, 0.1) is 0 Å². The Hall–Kier alpha value is -1.57. The number of hydrogen-bond donors (Lipinski definition) is 1. The molecule has 1 saturated carbocycles. The predicted octanol–water partition coefficient (Wildman–Crippen LogP) is 2.15. The first-order chi connectivity index (χ1) is 9.82. The van der Waals surface area contributed by atoms with Gasteiger partial charge in [-0.3, -0.25) is 9.48 Å². The zero-order valence-corrected chi connectivity index (χ0v) is 11.9. The van der Waals surface area contributed by atoms with Gasteiger partial charge in [-0.2, -0.15) is 18.3 Å². The van der Waals surface area contributed by atoms with Crippen LogP contribution in [0.25, 0.3) is 0 Å². The molecule has 1 aromatic heterocycles. The molecule has 1 aliphatic rings. The molecule has 21 heavy (non-hydrogen) atoms. The molecular weight excluding hydrogens is 287 g/mol. The first kappa shape index (κ1) is 15.8. The lowest BCUT2D eigenvalue weighted by Crippen LogP contribution is -2.50. The van der Waals surface area contributed by atoms with E-state index in [4.69, 9.17) is 4.74 Å². The van der Waals surface area contributed by atoms with Crippen LogP contribution < -0.4 is 5.32 Å². The molecule has 0 aliphatic heterocycles. The number of alkyl halides is 3. The number of aromatic nitrogens is 2. The third-order valence-corrected chi connectivity index (χ3v) is 3.88. The average Bonchev–Trinajstić information content (AvgIpc) is 3.04. The van der Waals surface area contributed by atoms with Crippen LogP contribution in [-0.2, 0) is 15.7 Å². The van der Waals surface area contributed by atoms with Gasteiger partial charge < -0.3 is 10.1 Å². The van der Waals surface area contributed by atoms with Gasteiger partial charge in [0, 0.05) is 6.20 Å². The molecule has 0 spiro atoms. The van der Waals surface area contributed by atoms with Crippen molar-refractivity contribution >= 4 is 5.97 Å². The molecular formula is C13H18F3N3O2. The molecule has 1 heterocycles. The average molecular weight is 305 g/mol. The maximum Gasteiger partial charge on any atom is 0.419 e. The van der Waals surface area contributed by atoms with E-state index < -0.39 is 17.3 Å². The van der Waals surface area contributed by atoms with Gasteiger partial charge in [0.05, 0.1) is 24.9 Å². The Morgan fingerprint density at radius 3 is 2.86 bits per heavy atom. The Morgan fingerprint density at radius 1 is 1.62 bits per heavy atom. The van der Waals surface area contributed by atoms with Gasteiger partial charge in [0.1, 0.15) is 5.54 Å². The molecule has 1 N–H and O–H groups in total. The maximum atomic E-state index is 12.6. The van der Waals surface area contributed by atoms with E-state index in [1.165, 1.54) is 11.8 Å². The minimum absolute atomic E-state index is 0.251. The monoisotopic (exact) mass is 305 g/mol. The van der Waals surface area contributed by atoms with Crippen molar-refractivity contribution in [3.05, 3.63) is 18.0 Å². The molecule has 2 unspecified atom stereocenters. The largest absolute Gasteiger partial charge is 0.468 e. The molecule has 1 aliphatic carbocycles. The van der Waals surface area contributed by atoms with E-state index >= 15 is 0 Å². The molecule has 0 aromatic carbocycles. The summed E-state index contributed by atoms with van der Waals surface area (Å²) in [6.45, 7) is 2.45. The topological polar surface area (TPSA) is 56.1 Å². The lowest BCUT2D eigenvalue weighted by atomic mass is 9.97. The smallest absolute Gasteiger partial charge is 0.419 e. The molecule has 8 heteroatoms. The van der Waals surface area contributed by atoms with Gasteiger partial charge in [0.15, 0.2) is 0 Å². The summed E-state index contributed by atoms with van der Waals surface area (Å²) in [5.41, 5.74) is -1.61.